The van der Waals surface area contributed by atoms with Crippen LogP contribution >= 0.6 is 0 Å². The molecule has 2 unspecified atom stereocenters. The van der Waals surface area contributed by atoms with E-state index in [0.29, 0.717) is 30.3 Å². The minimum atomic E-state index is -1.26. The van der Waals surface area contributed by atoms with Crippen LogP contribution in [0.25, 0.3) is 0 Å². The van der Waals surface area contributed by atoms with E-state index in [2.05, 4.69) is 34.1 Å². The molecule has 2 aliphatic heterocycles. The van der Waals surface area contributed by atoms with E-state index in [1.54, 1.807) is 0 Å². The van der Waals surface area contributed by atoms with Gasteiger partial charge in [0.2, 0.25) is 0 Å². The van der Waals surface area contributed by atoms with Crippen molar-refractivity contribution < 1.29 is 44.7 Å². The summed E-state index contributed by atoms with van der Waals surface area (Å²) in [6.45, 7) is 5.11. The Kier molecular flexibility index (Phi) is 13.2. The smallest absolute Gasteiger partial charge is 0.328 e. The molecule has 0 aliphatic carbocycles. The third-order valence-electron chi connectivity index (χ3n) is 6.28. The van der Waals surface area contributed by atoms with Gasteiger partial charge < -0.3 is 25.5 Å². The van der Waals surface area contributed by atoms with Crippen molar-refractivity contribution in [3.05, 3.63) is 95.6 Å². The van der Waals surface area contributed by atoms with Gasteiger partial charge in [0.1, 0.15) is 0 Å². The fraction of sp³-hybridized carbons (Fsp3) is 0.310. The van der Waals surface area contributed by atoms with E-state index in [1.165, 1.54) is 17.5 Å². The number of carbonyl (C=O) groups is 4. The van der Waals surface area contributed by atoms with Crippen molar-refractivity contribution in [1.29, 1.82) is 0 Å². The van der Waals surface area contributed by atoms with Crippen LogP contribution in [0.1, 0.15) is 22.8 Å². The van der Waals surface area contributed by atoms with Crippen molar-refractivity contribution in [3.63, 3.8) is 0 Å². The van der Waals surface area contributed by atoms with E-state index >= 15 is 0 Å². The second-order valence-corrected chi connectivity index (χ2v) is 9.12. The van der Waals surface area contributed by atoms with Gasteiger partial charge in [-0.25, -0.2) is 19.2 Å². The summed E-state index contributed by atoms with van der Waals surface area (Å²) >= 11 is 0. The highest BCUT2D eigenvalue weighted by Gasteiger charge is 2.30. The zero-order chi connectivity index (χ0) is 29.5. The number of nitrogens with zero attached hydrogens (tertiary/aromatic N) is 2. The topological polar surface area (TPSA) is 176 Å². The quantitative estimate of drug-likeness (QED) is 0.316. The number of aliphatic carboxylic acids is 4. The van der Waals surface area contributed by atoms with Gasteiger partial charge in [0.05, 0.1) is 6.10 Å². The molecule has 1 fully saturated rings. The zero-order valence-corrected chi connectivity index (χ0v) is 21.9. The summed E-state index contributed by atoms with van der Waals surface area (Å²) in [6.07, 6.45) is 4.14. The molecule has 0 radical (unpaired) electrons. The first-order valence-electron chi connectivity index (χ1n) is 12.6. The molecule has 214 valence electrons. The van der Waals surface area contributed by atoms with Crippen molar-refractivity contribution in [1.82, 2.24) is 9.80 Å². The molecule has 2 atom stereocenters. The molecule has 11 heteroatoms. The molecule has 4 rings (SSSR count). The fourth-order valence-corrected chi connectivity index (χ4v) is 4.44. The highest BCUT2D eigenvalue weighted by atomic mass is 16.4. The summed E-state index contributed by atoms with van der Waals surface area (Å²) in [4.78, 5) is 43.3. The number of aliphatic hydroxyl groups excluding tert-OH is 1. The molecule has 0 aromatic heterocycles. The van der Waals surface area contributed by atoms with E-state index in [4.69, 9.17) is 20.4 Å². The minimum absolute atomic E-state index is 0.393. The van der Waals surface area contributed by atoms with E-state index in [9.17, 15) is 24.3 Å². The average Bonchev–Trinajstić information content (AvgIpc) is 3.11. The number of rotatable bonds is 7. The summed E-state index contributed by atoms with van der Waals surface area (Å²) < 4.78 is 0. The van der Waals surface area contributed by atoms with Gasteiger partial charge in [0, 0.05) is 63.1 Å². The second-order valence-electron chi connectivity index (χ2n) is 9.12. The summed E-state index contributed by atoms with van der Waals surface area (Å²) in [5.74, 6) is -5.03. The fourth-order valence-electron chi connectivity index (χ4n) is 4.44. The SMILES string of the molecule is O=C(O)/C=C/C(=O)O.O=C(O)/C=C/C(=O)O.OC(CN1CCN2CCc3ccccc3CC2C1)c1ccccc1. The number of aliphatic hydroxyl groups is 1. The Morgan fingerprint density at radius 3 is 1.75 bits per heavy atom. The summed E-state index contributed by atoms with van der Waals surface area (Å²) in [6, 6.07) is 19.5. The number of hydrogen-bond donors (Lipinski definition) is 5. The maximum Gasteiger partial charge on any atom is 0.328 e. The third kappa shape index (κ3) is 12.0. The van der Waals surface area contributed by atoms with Crippen molar-refractivity contribution in [2.45, 2.75) is 25.0 Å². The van der Waals surface area contributed by atoms with E-state index in [-0.39, 0.29) is 0 Å². The molecule has 40 heavy (non-hydrogen) atoms. The van der Waals surface area contributed by atoms with Crippen LogP contribution < -0.4 is 0 Å². The predicted molar refractivity (Wildman–Crippen MR) is 146 cm³/mol. The Labute approximate surface area is 231 Å². The lowest BCUT2D eigenvalue weighted by Gasteiger charge is -2.41. The first kappa shape index (κ1) is 31.9. The van der Waals surface area contributed by atoms with E-state index in [0.717, 1.165) is 44.7 Å². The maximum atomic E-state index is 10.5. The van der Waals surface area contributed by atoms with Crippen LogP contribution in [-0.2, 0) is 32.0 Å². The van der Waals surface area contributed by atoms with Crippen molar-refractivity contribution in [2.75, 3.05) is 32.7 Å². The molecule has 1 saturated heterocycles. The number of hydrogen-bond acceptors (Lipinski definition) is 7. The Hall–Kier alpha value is -4.32. The molecule has 0 amide bonds. The molecular formula is C29H34N2O9. The summed E-state index contributed by atoms with van der Waals surface area (Å²) in [7, 11) is 0. The molecule has 11 nitrogen and oxygen atoms in total. The Morgan fingerprint density at radius 2 is 1.23 bits per heavy atom. The van der Waals surface area contributed by atoms with Crippen molar-refractivity contribution in [2.24, 2.45) is 0 Å². The van der Waals surface area contributed by atoms with Crippen LogP contribution in [0.15, 0.2) is 78.9 Å². The molecule has 2 aromatic carbocycles. The van der Waals surface area contributed by atoms with Gasteiger partial charge in [0.15, 0.2) is 0 Å². The molecule has 2 heterocycles. The first-order valence-corrected chi connectivity index (χ1v) is 12.6. The minimum Gasteiger partial charge on any atom is -0.478 e. The molecule has 0 spiro atoms. The van der Waals surface area contributed by atoms with Gasteiger partial charge in [-0.2, -0.15) is 0 Å². The molecular weight excluding hydrogens is 520 g/mol. The largest absolute Gasteiger partial charge is 0.478 e. The van der Waals surface area contributed by atoms with Crippen LogP contribution in [0, 0.1) is 0 Å². The van der Waals surface area contributed by atoms with Crippen LogP contribution in [0.2, 0.25) is 0 Å². The van der Waals surface area contributed by atoms with Crippen LogP contribution in [0.4, 0.5) is 0 Å². The summed E-state index contributed by atoms with van der Waals surface area (Å²) in [5, 5.41) is 41.8. The average molecular weight is 555 g/mol. The van der Waals surface area contributed by atoms with Gasteiger partial charge in [-0.15, -0.1) is 0 Å². The summed E-state index contributed by atoms with van der Waals surface area (Å²) in [5.41, 5.74) is 4.05. The number of benzene rings is 2. The standard InChI is InChI=1S/C21H26N2O.2C4H4O4/c24-21(18-7-2-1-3-8-18)16-22-12-13-23-11-10-17-6-4-5-9-19(17)14-20(23)15-22;2*5-3(6)1-2-4(7)8/h1-9,20-21,24H,10-16H2;2*1-2H,(H,5,6)(H,7,8)/b;2*2-1+. The van der Waals surface area contributed by atoms with E-state index < -0.39 is 30.0 Å². The Morgan fingerprint density at radius 1 is 0.725 bits per heavy atom. The molecule has 2 aromatic rings. The zero-order valence-electron chi connectivity index (χ0n) is 21.9. The maximum absolute atomic E-state index is 10.5. The molecule has 2 aliphatic rings. The Balaban J connectivity index is 0.000000290. The van der Waals surface area contributed by atoms with Crippen LogP contribution in [0.5, 0.6) is 0 Å². The number of fused-ring (bicyclic) bond motifs is 2. The normalized spacial score (nSPS) is 17.7. The monoisotopic (exact) mass is 554 g/mol. The lowest BCUT2D eigenvalue weighted by molar-refractivity contribution is -0.134. The highest BCUT2D eigenvalue weighted by Crippen LogP contribution is 2.24. The van der Waals surface area contributed by atoms with Gasteiger partial charge in [0.25, 0.3) is 0 Å². The van der Waals surface area contributed by atoms with Gasteiger partial charge >= 0.3 is 23.9 Å². The van der Waals surface area contributed by atoms with Crippen LogP contribution in [-0.4, -0.2) is 98.0 Å². The lowest BCUT2D eigenvalue weighted by Crippen LogP contribution is -2.54. The van der Waals surface area contributed by atoms with Gasteiger partial charge in [-0.1, -0.05) is 54.6 Å². The van der Waals surface area contributed by atoms with Gasteiger partial charge in [-0.3, -0.25) is 9.80 Å². The first-order chi connectivity index (χ1) is 19.0. The molecule has 5 N–H and O–H groups in total. The lowest BCUT2D eigenvalue weighted by atomic mass is 9.99. The van der Waals surface area contributed by atoms with Crippen LogP contribution in [0.3, 0.4) is 0 Å². The molecule has 0 saturated carbocycles. The number of carboxylic acids is 4. The molecule has 0 bridgehead atoms. The second kappa shape index (κ2) is 16.6. The Bertz CT molecular complexity index is 1130. The van der Waals surface area contributed by atoms with Crippen molar-refractivity contribution in [3.8, 4) is 0 Å². The number of carboxylic acid groups (broad SMARTS) is 4. The highest BCUT2D eigenvalue weighted by molar-refractivity contribution is 5.90. The van der Waals surface area contributed by atoms with Gasteiger partial charge in [-0.05, 0) is 29.5 Å². The van der Waals surface area contributed by atoms with E-state index in [1.807, 2.05) is 30.3 Å². The third-order valence-corrected chi connectivity index (χ3v) is 6.28. The number of β-amino-alcohol motifs (C(OH)–C–C–N with tert-alkyl or cyclic N) is 1. The predicted octanol–water partition coefficient (Wildman–Crippen LogP) is 1.93. The number of piperazine rings is 1. The van der Waals surface area contributed by atoms with Crippen molar-refractivity contribution >= 4 is 23.9 Å².